The fourth-order valence-electron chi connectivity index (χ4n) is 7.51. The Kier molecular flexibility index (Phi) is 5.59. The van der Waals surface area contributed by atoms with Crippen LogP contribution in [0.15, 0.2) is 133 Å². The van der Waals surface area contributed by atoms with E-state index in [1.807, 2.05) is 0 Å². The predicted molar refractivity (Wildman–Crippen MR) is 182 cm³/mol. The van der Waals surface area contributed by atoms with E-state index in [9.17, 15) is 0 Å². The first kappa shape index (κ1) is 25.8. The van der Waals surface area contributed by atoms with Crippen molar-refractivity contribution in [3.8, 4) is 44.5 Å². The minimum absolute atomic E-state index is 0.00327. The van der Waals surface area contributed by atoms with Gasteiger partial charge in [-0.25, -0.2) is 0 Å². The highest BCUT2D eigenvalue weighted by atomic mass is 14.9. The molecule has 0 bridgehead atoms. The van der Waals surface area contributed by atoms with Crippen LogP contribution in [0.5, 0.6) is 0 Å². The molecule has 0 aliphatic heterocycles. The van der Waals surface area contributed by atoms with Crippen molar-refractivity contribution in [1.29, 1.82) is 0 Å². The molecule has 0 fully saturated rings. The normalized spacial score (nSPS) is 14.9. The van der Waals surface area contributed by atoms with E-state index in [0.29, 0.717) is 0 Å². The first-order chi connectivity index (χ1) is 20.8. The molecule has 0 atom stereocenters. The molecule has 1 heteroatoms. The lowest BCUT2D eigenvalue weighted by Crippen LogP contribution is -2.15. The summed E-state index contributed by atoms with van der Waals surface area (Å²) in [4.78, 5) is 0. The van der Waals surface area contributed by atoms with E-state index < -0.39 is 0 Å². The van der Waals surface area contributed by atoms with Crippen LogP contribution in [0.3, 0.4) is 0 Å². The number of fused-ring (bicyclic) bond motifs is 6. The van der Waals surface area contributed by atoms with E-state index in [-0.39, 0.29) is 10.8 Å². The van der Waals surface area contributed by atoms with Crippen molar-refractivity contribution >= 4 is 11.4 Å². The van der Waals surface area contributed by atoms with E-state index >= 15 is 0 Å². The van der Waals surface area contributed by atoms with Gasteiger partial charge in [0.15, 0.2) is 0 Å². The molecule has 6 aromatic carbocycles. The number of nitrogens with one attached hydrogen (secondary N) is 1. The monoisotopic (exact) mass is 553 g/mol. The van der Waals surface area contributed by atoms with E-state index in [2.05, 4.69) is 166 Å². The highest BCUT2D eigenvalue weighted by Crippen LogP contribution is 2.52. The lowest BCUT2D eigenvalue weighted by atomic mass is 9.80. The molecule has 0 unspecified atom stereocenters. The van der Waals surface area contributed by atoms with Gasteiger partial charge in [-0.1, -0.05) is 131 Å². The fraction of sp³-hybridized carbons (Fsp3) is 0.143. The number of anilines is 2. The van der Waals surface area contributed by atoms with Gasteiger partial charge in [-0.05, 0) is 91.5 Å². The average Bonchev–Trinajstić information content (AvgIpc) is 3.40. The maximum Gasteiger partial charge on any atom is 0.0463 e. The van der Waals surface area contributed by atoms with E-state index in [4.69, 9.17) is 0 Å². The van der Waals surface area contributed by atoms with Crippen molar-refractivity contribution in [3.63, 3.8) is 0 Å². The molecule has 1 N–H and O–H groups in total. The highest BCUT2D eigenvalue weighted by Gasteiger charge is 2.37. The zero-order chi connectivity index (χ0) is 29.3. The van der Waals surface area contributed by atoms with Crippen LogP contribution in [0.25, 0.3) is 44.5 Å². The molecule has 0 aromatic heterocycles. The first-order valence-corrected chi connectivity index (χ1v) is 15.3. The van der Waals surface area contributed by atoms with Gasteiger partial charge >= 0.3 is 0 Å². The summed E-state index contributed by atoms with van der Waals surface area (Å²) in [6.07, 6.45) is 0. The minimum Gasteiger partial charge on any atom is -0.355 e. The summed E-state index contributed by atoms with van der Waals surface area (Å²) in [5, 5.41) is 3.74. The molecular weight excluding hydrogens is 518 g/mol. The summed E-state index contributed by atoms with van der Waals surface area (Å²) in [5.41, 5.74) is 18.1. The molecule has 0 heterocycles. The molecular formula is C42H35N. The molecule has 2 aliphatic rings. The van der Waals surface area contributed by atoms with Crippen LogP contribution < -0.4 is 5.32 Å². The zero-order valence-electron chi connectivity index (χ0n) is 25.2. The van der Waals surface area contributed by atoms with Gasteiger partial charge in [-0.2, -0.15) is 0 Å². The van der Waals surface area contributed by atoms with Gasteiger partial charge in [-0.3, -0.25) is 0 Å². The third kappa shape index (κ3) is 3.92. The standard InChI is InChI=1S/C42H35N/c1-41(2)36-16-10-8-15-32(36)33-21-18-28(24-38(33)41)29-19-22-34-35-26-30(20-23-37(35)42(3,4)39(34)25-29)43-40-17-11-9-14-31(40)27-12-6-5-7-13-27/h5-26,43H,1-4H3. The van der Waals surface area contributed by atoms with Crippen LogP contribution in [0.1, 0.15) is 49.9 Å². The summed E-state index contributed by atoms with van der Waals surface area (Å²) < 4.78 is 0. The van der Waals surface area contributed by atoms with Gasteiger partial charge in [0.25, 0.3) is 0 Å². The van der Waals surface area contributed by atoms with Crippen molar-refractivity contribution in [3.05, 3.63) is 156 Å². The van der Waals surface area contributed by atoms with Crippen molar-refractivity contribution in [1.82, 2.24) is 0 Å². The molecule has 2 aliphatic carbocycles. The Bertz CT molecular complexity index is 2040. The summed E-state index contributed by atoms with van der Waals surface area (Å²) >= 11 is 0. The topological polar surface area (TPSA) is 12.0 Å². The van der Waals surface area contributed by atoms with Crippen molar-refractivity contribution in [2.24, 2.45) is 0 Å². The second kappa shape index (κ2) is 9.31. The maximum atomic E-state index is 3.74. The van der Waals surface area contributed by atoms with Crippen molar-refractivity contribution in [2.45, 2.75) is 38.5 Å². The van der Waals surface area contributed by atoms with Gasteiger partial charge in [-0.15, -0.1) is 0 Å². The van der Waals surface area contributed by atoms with Gasteiger partial charge in [0, 0.05) is 27.8 Å². The molecule has 6 aromatic rings. The molecule has 208 valence electrons. The summed E-state index contributed by atoms with van der Waals surface area (Å²) in [6, 6.07) is 49.0. The number of hydrogen-bond donors (Lipinski definition) is 1. The average molecular weight is 554 g/mol. The maximum absolute atomic E-state index is 3.74. The summed E-state index contributed by atoms with van der Waals surface area (Å²) in [6.45, 7) is 9.44. The largest absolute Gasteiger partial charge is 0.355 e. The lowest BCUT2D eigenvalue weighted by molar-refractivity contribution is 0.659. The third-order valence-electron chi connectivity index (χ3n) is 9.88. The Morgan fingerprint density at radius 1 is 0.372 bits per heavy atom. The highest BCUT2D eigenvalue weighted by molar-refractivity contribution is 5.89. The Morgan fingerprint density at radius 2 is 0.907 bits per heavy atom. The Hall–Kier alpha value is -4.88. The molecule has 1 nitrogen and oxygen atoms in total. The lowest BCUT2D eigenvalue weighted by Gasteiger charge is -2.23. The van der Waals surface area contributed by atoms with Crippen LogP contribution in [0.4, 0.5) is 11.4 Å². The van der Waals surface area contributed by atoms with Crippen LogP contribution in [-0.4, -0.2) is 0 Å². The smallest absolute Gasteiger partial charge is 0.0463 e. The van der Waals surface area contributed by atoms with E-state index in [0.717, 1.165) is 11.4 Å². The predicted octanol–water partition coefficient (Wildman–Crippen LogP) is 11.4. The van der Waals surface area contributed by atoms with Gasteiger partial charge < -0.3 is 5.32 Å². The number of hydrogen-bond acceptors (Lipinski definition) is 1. The third-order valence-corrected chi connectivity index (χ3v) is 9.88. The van der Waals surface area contributed by atoms with Crippen LogP contribution in [0.2, 0.25) is 0 Å². The molecule has 43 heavy (non-hydrogen) atoms. The Labute approximate surface area is 254 Å². The molecule has 0 spiro atoms. The Balaban J connectivity index is 1.16. The quantitative estimate of drug-likeness (QED) is 0.229. The molecule has 0 saturated heterocycles. The Morgan fingerprint density at radius 3 is 1.60 bits per heavy atom. The molecule has 0 radical (unpaired) electrons. The number of rotatable bonds is 4. The van der Waals surface area contributed by atoms with Crippen LogP contribution in [0, 0.1) is 0 Å². The molecule has 0 amide bonds. The minimum atomic E-state index is -0.0760. The molecule has 8 rings (SSSR count). The second-order valence-corrected chi connectivity index (χ2v) is 13.1. The van der Waals surface area contributed by atoms with Gasteiger partial charge in [0.1, 0.15) is 0 Å². The van der Waals surface area contributed by atoms with Gasteiger partial charge in [0.2, 0.25) is 0 Å². The van der Waals surface area contributed by atoms with Crippen molar-refractivity contribution in [2.75, 3.05) is 5.32 Å². The zero-order valence-corrected chi connectivity index (χ0v) is 25.2. The summed E-state index contributed by atoms with van der Waals surface area (Å²) in [7, 11) is 0. The van der Waals surface area contributed by atoms with Gasteiger partial charge in [0.05, 0.1) is 0 Å². The van der Waals surface area contributed by atoms with E-state index in [1.165, 1.54) is 66.8 Å². The second-order valence-electron chi connectivity index (χ2n) is 13.1. The number of benzene rings is 6. The number of para-hydroxylation sites is 1. The van der Waals surface area contributed by atoms with Crippen LogP contribution >= 0.6 is 0 Å². The fourth-order valence-corrected chi connectivity index (χ4v) is 7.51. The van der Waals surface area contributed by atoms with E-state index in [1.54, 1.807) is 0 Å². The van der Waals surface area contributed by atoms with Crippen molar-refractivity contribution < 1.29 is 0 Å². The van der Waals surface area contributed by atoms with Crippen LogP contribution in [-0.2, 0) is 10.8 Å². The summed E-state index contributed by atoms with van der Waals surface area (Å²) in [5.74, 6) is 0. The SMILES string of the molecule is CC1(C)c2ccccc2-c2ccc(-c3ccc4c(c3)C(C)(C)c3ccc(Nc5ccccc5-c5ccccc5)cc3-4)cc21. The first-order valence-electron chi connectivity index (χ1n) is 15.3. The molecule has 0 saturated carbocycles.